The SMILES string of the molecule is CCCC[Si](C)(CC)O[Si](C)(C)C. The zero-order valence-electron chi connectivity index (χ0n) is 10.2. The van der Waals surface area contributed by atoms with Crippen molar-refractivity contribution in [2.75, 3.05) is 0 Å². The molecule has 0 amide bonds. The quantitative estimate of drug-likeness (QED) is 0.606. The Morgan fingerprint density at radius 2 is 1.54 bits per heavy atom. The van der Waals surface area contributed by atoms with Crippen LogP contribution in [0.25, 0.3) is 0 Å². The van der Waals surface area contributed by atoms with Gasteiger partial charge < -0.3 is 4.12 Å². The van der Waals surface area contributed by atoms with Crippen LogP contribution in [0.5, 0.6) is 0 Å². The van der Waals surface area contributed by atoms with Gasteiger partial charge in [-0.1, -0.05) is 26.7 Å². The van der Waals surface area contributed by atoms with Crippen LogP contribution in [0.4, 0.5) is 0 Å². The summed E-state index contributed by atoms with van der Waals surface area (Å²) in [6.45, 7) is 13.9. The molecular weight excluding hydrogens is 192 g/mol. The van der Waals surface area contributed by atoms with Gasteiger partial charge in [-0.25, -0.2) is 0 Å². The molecule has 1 nitrogen and oxygen atoms in total. The van der Waals surface area contributed by atoms with Crippen molar-refractivity contribution in [1.82, 2.24) is 0 Å². The van der Waals surface area contributed by atoms with Crippen LogP contribution in [-0.2, 0) is 4.12 Å². The highest BCUT2D eigenvalue weighted by Gasteiger charge is 2.31. The van der Waals surface area contributed by atoms with E-state index in [9.17, 15) is 0 Å². The average molecular weight is 218 g/mol. The van der Waals surface area contributed by atoms with E-state index in [0.717, 1.165) is 0 Å². The zero-order chi connectivity index (χ0) is 10.5. The van der Waals surface area contributed by atoms with Gasteiger partial charge in [-0.05, 0) is 38.3 Å². The highest BCUT2D eigenvalue weighted by molar-refractivity contribution is 6.84. The average Bonchev–Trinajstić information content (AvgIpc) is 1.98. The molecule has 0 aromatic heterocycles. The first-order chi connectivity index (χ1) is 5.83. The molecule has 0 saturated heterocycles. The first-order valence-electron chi connectivity index (χ1n) is 5.53. The van der Waals surface area contributed by atoms with Crippen molar-refractivity contribution in [2.45, 2.75) is 65.0 Å². The lowest BCUT2D eigenvalue weighted by Crippen LogP contribution is -2.43. The topological polar surface area (TPSA) is 9.23 Å². The predicted octanol–water partition coefficient (Wildman–Crippen LogP) is 4.23. The van der Waals surface area contributed by atoms with Gasteiger partial charge >= 0.3 is 0 Å². The summed E-state index contributed by atoms with van der Waals surface area (Å²) in [5.41, 5.74) is 0. The second-order valence-corrected chi connectivity index (χ2v) is 14.3. The molecule has 0 bridgehead atoms. The highest BCUT2D eigenvalue weighted by atomic mass is 28.4. The van der Waals surface area contributed by atoms with E-state index in [1.54, 1.807) is 0 Å². The first kappa shape index (κ1) is 13.4. The largest absolute Gasteiger partial charge is 0.456 e. The number of hydrogen-bond acceptors (Lipinski definition) is 1. The predicted molar refractivity (Wildman–Crippen MR) is 66.2 cm³/mol. The lowest BCUT2D eigenvalue weighted by molar-refractivity contribution is 0.534. The molecule has 0 aliphatic carbocycles. The maximum absolute atomic E-state index is 6.35. The molecule has 13 heavy (non-hydrogen) atoms. The third-order valence-corrected chi connectivity index (χ3v) is 9.69. The van der Waals surface area contributed by atoms with Crippen LogP contribution in [-0.4, -0.2) is 16.6 Å². The molecule has 0 fully saturated rings. The molecule has 1 unspecified atom stereocenters. The van der Waals surface area contributed by atoms with Crippen molar-refractivity contribution in [1.29, 1.82) is 0 Å². The van der Waals surface area contributed by atoms with E-state index in [-0.39, 0.29) is 0 Å². The Morgan fingerprint density at radius 3 is 1.85 bits per heavy atom. The first-order valence-corrected chi connectivity index (χ1v) is 11.8. The van der Waals surface area contributed by atoms with Crippen molar-refractivity contribution in [2.24, 2.45) is 0 Å². The molecule has 0 spiro atoms. The van der Waals surface area contributed by atoms with E-state index in [0.29, 0.717) is 0 Å². The van der Waals surface area contributed by atoms with Crippen molar-refractivity contribution in [3.05, 3.63) is 0 Å². The summed E-state index contributed by atoms with van der Waals surface area (Å²) in [6.07, 6.45) is 2.65. The third kappa shape index (κ3) is 6.46. The molecule has 0 aliphatic heterocycles. The van der Waals surface area contributed by atoms with Crippen LogP contribution in [0.1, 0.15) is 26.7 Å². The van der Waals surface area contributed by atoms with E-state index in [4.69, 9.17) is 4.12 Å². The Bertz CT molecular complexity index is 142. The van der Waals surface area contributed by atoms with Crippen molar-refractivity contribution >= 4 is 16.6 Å². The number of unbranched alkanes of at least 4 members (excludes halogenated alkanes) is 1. The molecule has 80 valence electrons. The minimum Gasteiger partial charge on any atom is -0.456 e. The molecule has 0 heterocycles. The molecule has 0 aromatic rings. The fraction of sp³-hybridized carbons (Fsp3) is 1.00. The fourth-order valence-corrected chi connectivity index (χ4v) is 9.94. The summed E-state index contributed by atoms with van der Waals surface area (Å²) < 4.78 is 6.35. The molecule has 1 atom stereocenters. The highest BCUT2D eigenvalue weighted by Crippen LogP contribution is 2.24. The second kappa shape index (κ2) is 5.32. The van der Waals surface area contributed by atoms with Crippen LogP contribution in [0.3, 0.4) is 0 Å². The van der Waals surface area contributed by atoms with Crippen LogP contribution in [0, 0.1) is 0 Å². The summed E-state index contributed by atoms with van der Waals surface area (Å²) in [7, 11) is -2.62. The van der Waals surface area contributed by atoms with Gasteiger partial charge in [0.25, 0.3) is 0 Å². The van der Waals surface area contributed by atoms with Crippen molar-refractivity contribution in [3.8, 4) is 0 Å². The maximum Gasteiger partial charge on any atom is 0.176 e. The minimum atomic E-state index is -1.32. The zero-order valence-corrected chi connectivity index (χ0v) is 12.2. The molecular formula is C10H26OSi2. The Balaban J connectivity index is 4.11. The summed E-state index contributed by atoms with van der Waals surface area (Å²) in [5, 5.41) is 0. The molecule has 0 radical (unpaired) electrons. The molecule has 0 saturated carbocycles. The van der Waals surface area contributed by atoms with Crippen LogP contribution in [0.2, 0.25) is 38.3 Å². The van der Waals surface area contributed by atoms with Gasteiger partial charge in [-0.2, -0.15) is 0 Å². The van der Waals surface area contributed by atoms with E-state index >= 15 is 0 Å². The third-order valence-electron chi connectivity index (χ3n) is 2.36. The van der Waals surface area contributed by atoms with E-state index < -0.39 is 16.6 Å². The molecule has 0 aliphatic rings. The van der Waals surface area contributed by atoms with Gasteiger partial charge in [0, 0.05) is 0 Å². The normalized spacial score (nSPS) is 17.1. The van der Waals surface area contributed by atoms with Gasteiger partial charge in [0.1, 0.15) is 0 Å². The van der Waals surface area contributed by atoms with Gasteiger partial charge in [-0.15, -0.1) is 0 Å². The minimum absolute atomic E-state index is 1.28. The van der Waals surface area contributed by atoms with Crippen molar-refractivity contribution in [3.63, 3.8) is 0 Å². The standard InChI is InChI=1S/C10H26OSi2/c1-7-9-10-13(6,8-2)11-12(3,4)5/h7-10H2,1-6H3. The monoisotopic (exact) mass is 218 g/mol. The molecule has 0 rings (SSSR count). The Hall–Kier alpha value is 0.394. The summed E-state index contributed by atoms with van der Waals surface area (Å²) in [5.74, 6) is 0. The van der Waals surface area contributed by atoms with Gasteiger partial charge in [0.2, 0.25) is 0 Å². The molecule has 3 heteroatoms. The lowest BCUT2D eigenvalue weighted by atomic mass is 10.4. The number of hydrogen-bond donors (Lipinski definition) is 0. The Labute approximate surface area is 86.1 Å². The van der Waals surface area contributed by atoms with Gasteiger partial charge in [0.15, 0.2) is 16.6 Å². The Kier molecular flexibility index (Phi) is 5.48. The van der Waals surface area contributed by atoms with E-state index in [1.165, 1.54) is 24.9 Å². The fourth-order valence-electron chi connectivity index (χ4n) is 1.59. The van der Waals surface area contributed by atoms with Crippen LogP contribution in [0.15, 0.2) is 0 Å². The number of rotatable bonds is 6. The Morgan fingerprint density at radius 1 is 1.00 bits per heavy atom. The van der Waals surface area contributed by atoms with Crippen LogP contribution >= 0.6 is 0 Å². The van der Waals surface area contributed by atoms with Crippen LogP contribution < -0.4 is 0 Å². The van der Waals surface area contributed by atoms with E-state index in [1.807, 2.05) is 0 Å². The summed E-state index contributed by atoms with van der Waals surface area (Å²) in [6, 6.07) is 2.63. The lowest BCUT2D eigenvalue weighted by Gasteiger charge is -2.33. The maximum atomic E-state index is 6.35. The molecule has 0 aromatic carbocycles. The smallest absolute Gasteiger partial charge is 0.176 e. The molecule has 0 N–H and O–H groups in total. The summed E-state index contributed by atoms with van der Waals surface area (Å²) >= 11 is 0. The van der Waals surface area contributed by atoms with Gasteiger partial charge in [0.05, 0.1) is 0 Å². The van der Waals surface area contributed by atoms with Gasteiger partial charge in [-0.3, -0.25) is 0 Å². The van der Waals surface area contributed by atoms with Crippen molar-refractivity contribution < 1.29 is 4.12 Å². The van der Waals surface area contributed by atoms with E-state index in [2.05, 4.69) is 40.0 Å². The summed E-state index contributed by atoms with van der Waals surface area (Å²) in [4.78, 5) is 0. The second-order valence-electron chi connectivity index (χ2n) is 5.12.